The second kappa shape index (κ2) is 6.89. The summed E-state index contributed by atoms with van der Waals surface area (Å²) < 4.78 is 23.0. The van der Waals surface area contributed by atoms with Crippen LogP contribution in [0.2, 0.25) is 5.02 Å². The van der Waals surface area contributed by atoms with Crippen LogP contribution >= 0.6 is 11.6 Å². The van der Waals surface area contributed by atoms with Crippen LogP contribution in [0.15, 0.2) is 54.9 Å². The minimum atomic E-state index is -3.84. The number of Topliss-reactive ketones (excluding diaryl/α,β-unsaturated/α-hetero) is 1. The van der Waals surface area contributed by atoms with Crippen molar-refractivity contribution in [2.24, 2.45) is 5.84 Å². The predicted molar refractivity (Wildman–Crippen MR) is 97.6 cm³/mol. The number of carbonyl (C=O) groups is 1. The lowest BCUT2D eigenvalue weighted by atomic mass is 9.98. The van der Waals surface area contributed by atoms with Gasteiger partial charge in [-0.25, -0.2) is 8.42 Å². The summed E-state index contributed by atoms with van der Waals surface area (Å²) in [5, 5.41) is 2.25. The summed E-state index contributed by atoms with van der Waals surface area (Å²) in [5.41, 5.74) is 2.00. The molecule has 0 saturated heterocycles. The van der Waals surface area contributed by atoms with Crippen LogP contribution in [0.25, 0.3) is 21.9 Å². The number of halogens is 1. The molecule has 0 saturated carbocycles. The molecule has 0 bridgehead atoms. The molecule has 1 aromatic heterocycles. The summed E-state index contributed by atoms with van der Waals surface area (Å²) in [6, 6.07) is 12.2. The van der Waals surface area contributed by atoms with E-state index in [0.717, 1.165) is 21.9 Å². The number of hydrazine groups is 1. The first-order valence-corrected chi connectivity index (χ1v) is 9.29. The Morgan fingerprint density at radius 1 is 1.12 bits per heavy atom. The minimum Gasteiger partial charge on any atom is -0.293 e. The van der Waals surface area contributed by atoms with Crippen LogP contribution < -0.4 is 10.7 Å². The number of ketones is 1. The molecule has 1 heterocycles. The molecule has 6 nitrogen and oxygen atoms in total. The second-order valence-electron chi connectivity index (χ2n) is 5.43. The number of nitrogens with one attached hydrogen (secondary N) is 1. The van der Waals surface area contributed by atoms with Gasteiger partial charge in [-0.3, -0.25) is 15.6 Å². The first kappa shape index (κ1) is 17.5. The fraction of sp³-hybridized carbons (Fsp3) is 0.0588. The van der Waals surface area contributed by atoms with E-state index in [4.69, 9.17) is 17.4 Å². The van der Waals surface area contributed by atoms with Gasteiger partial charge in [-0.2, -0.15) is 4.83 Å². The van der Waals surface area contributed by atoms with Crippen molar-refractivity contribution in [1.82, 2.24) is 9.82 Å². The lowest BCUT2D eigenvalue weighted by Crippen LogP contribution is -2.35. The Morgan fingerprint density at radius 2 is 1.84 bits per heavy atom. The van der Waals surface area contributed by atoms with Crippen LogP contribution in [-0.2, 0) is 10.0 Å². The Balaban J connectivity index is 2.09. The zero-order valence-corrected chi connectivity index (χ0v) is 14.5. The summed E-state index contributed by atoms with van der Waals surface area (Å²) in [5.74, 6) is 3.67. The largest absolute Gasteiger partial charge is 0.293 e. The molecule has 128 valence electrons. The van der Waals surface area contributed by atoms with Gasteiger partial charge in [0.15, 0.2) is 5.78 Å². The first-order valence-electron chi connectivity index (χ1n) is 7.26. The van der Waals surface area contributed by atoms with Gasteiger partial charge in [0.25, 0.3) is 0 Å². The van der Waals surface area contributed by atoms with E-state index in [2.05, 4.69) is 4.98 Å². The van der Waals surface area contributed by atoms with E-state index >= 15 is 0 Å². The van der Waals surface area contributed by atoms with Gasteiger partial charge in [0, 0.05) is 33.9 Å². The Labute approximate surface area is 149 Å². The number of hydrogen-bond acceptors (Lipinski definition) is 5. The van der Waals surface area contributed by atoms with E-state index in [9.17, 15) is 13.2 Å². The minimum absolute atomic E-state index is 0.285. The number of benzene rings is 2. The van der Waals surface area contributed by atoms with E-state index in [0.29, 0.717) is 5.02 Å². The van der Waals surface area contributed by atoms with Crippen molar-refractivity contribution in [3.8, 4) is 11.1 Å². The third-order valence-corrected chi connectivity index (χ3v) is 4.99. The molecule has 0 fully saturated rings. The molecular weight excluding hydrogens is 362 g/mol. The number of aromatic nitrogens is 1. The zero-order chi connectivity index (χ0) is 18.0. The Kier molecular flexibility index (Phi) is 4.82. The third-order valence-electron chi connectivity index (χ3n) is 3.74. The number of nitrogens with two attached hydrogens (primary N) is 1. The SMILES string of the molecule is NNS(=O)(=O)CC(=O)c1ccc2cncc(-c3ccc(Cl)cc3)c2c1. The maximum atomic E-state index is 12.2. The topological polar surface area (TPSA) is 102 Å². The molecular formula is C17H14ClN3O3S. The van der Waals surface area contributed by atoms with Gasteiger partial charge in [0.05, 0.1) is 0 Å². The summed E-state index contributed by atoms with van der Waals surface area (Å²) in [4.78, 5) is 18.1. The number of fused-ring (bicyclic) bond motifs is 1. The molecule has 0 spiro atoms. The average Bonchev–Trinajstić information content (AvgIpc) is 2.61. The van der Waals surface area contributed by atoms with Gasteiger partial charge in [-0.05, 0) is 29.1 Å². The lowest BCUT2D eigenvalue weighted by molar-refractivity contribution is 0.102. The fourth-order valence-electron chi connectivity index (χ4n) is 2.49. The van der Waals surface area contributed by atoms with Crippen molar-refractivity contribution >= 4 is 38.2 Å². The summed E-state index contributed by atoms with van der Waals surface area (Å²) in [6.45, 7) is 0. The number of carbonyl (C=O) groups excluding carboxylic acids is 1. The maximum Gasteiger partial charge on any atom is 0.231 e. The average molecular weight is 376 g/mol. The van der Waals surface area contributed by atoms with Gasteiger partial charge in [0.1, 0.15) is 5.75 Å². The smallest absolute Gasteiger partial charge is 0.231 e. The first-order chi connectivity index (χ1) is 11.9. The van der Waals surface area contributed by atoms with E-state index in [1.165, 1.54) is 0 Å². The van der Waals surface area contributed by atoms with Crippen LogP contribution in [-0.4, -0.2) is 24.9 Å². The number of rotatable bonds is 5. The summed E-state index contributed by atoms with van der Waals surface area (Å²) in [6.07, 6.45) is 3.37. The normalized spacial score (nSPS) is 11.6. The molecule has 0 aliphatic rings. The highest BCUT2D eigenvalue weighted by Gasteiger charge is 2.17. The van der Waals surface area contributed by atoms with Gasteiger partial charge < -0.3 is 0 Å². The monoisotopic (exact) mass is 375 g/mol. The lowest BCUT2D eigenvalue weighted by Gasteiger charge is -2.09. The van der Waals surface area contributed by atoms with Crippen LogP contribution in [0.4, 0.5) is 0 Å². The highest BCUT2D eigenvalue weighted by atomic mass is 35.5. The van der Waals surface area contributed by atoms with E-state index in [1.807, 2.05) is 12.1 Å². The molecule has 8 heteroatoms. The molecule has 0 amide bonds. The Morgan fingerprint density at radius 3 is 2.52 bits per heavy atom. The van der Waals surface area contributed by atoms with Crippen LogP contribution in [0.1, 0.15) is 10.4 Å². The van der Waals surface area contributed by atoms with Crippen molar-refractivity contribution < 1.29 is 13.2 Å². The standard InChI is InChI=1S/C17H14ClN3O3S/c18-14-5-3-11(4-6-14)16-9-20-8-13-2-1-12(7-15(13)16)17(22)10-25(23,24)21-19/h1-9,21H,10,19H2. The number of sulfonamides is 1. The van der Waals surface area contributed by atoms with Crippen molar-refractivity contribution in [2.75, 3.05) is 5.75 Å². The maximum absolute atomic E-state index is 12.2. The van der Waals surface area contributed by atoms with Gasteiger partial charge in [0.2, 0.25) is 10.0 Å². The van der Waals surface area contributed by atoms with E-state index in [-0.39, 0.29) is 5.56 Å². The van der Waals surface area contributed by atoms with Crippen molar-refractivity contribution in [3.63, 3.8) is 0 Å². The zero-order valence-electron chi connectivity index (χ0n) is 12.9. The quantitative estimate of drug-likeness (QED) is 0.405. The number of hydrogen-bond donors (Lipinski definition) is 2. The molecule has 0 radical (unpaired) electrons. The summed E-state index contributed by atoms with van der Waals surface area (Å²) >= 11 is 5.93. The summed E-state index contributed by atoms with van der Waals surface area (Å²) in [7, 11) is -3.84. The highest BCUT2D eigenvalue weighted by molar-refractivity contribution is 7.90. The van der Waals surface area contributed by atoms with Crippen molar-refractivity contribution in [2.45, 2.75) is 0 Å². The molecule has 0 unspecified atom stereocenters. The van der Waals surface area contributed by atoms with Gasteiger partial charge >= 0.3 is 0 Å². The van der Waals surface area contributed by atoms with E-state index < -0.39 is 21.6 Å². The second-order valence-corrected chi connectivity index (χ2v) is 7.62. The molecule has 0 atom stereocenters. The van der Waals surface area contributed by atoms with Gasteiger partial charge in [-0.15, -0.1) is 0 Å². The van der Waals surface area contributed by atoms with Gasteiger partial charge in [-0.1, -0.05) is 35.9 Å². The molecule has 0 aliphatic heterocycles. The Hall–Kier alpha value is -2.32. The van der Waals surface area contributed by atoms with Crippen molar-refractivity contribution in [1.29, 1.82) is 0 Å². The van der Waals surface area contributed by atoms with E-state index in [1.54, 1.807) is 47.6 Å². The third kappa shape index (κ3) is 3.85. The number of pyridine rings is 1. The molecule has 3 rings (SSSR count). The molecule has 2 aromatic carbocycles. The fourth-order valence-corrected chi connectivity index (χ4v) is 3.22. The van der Waals surface area contributed by atoms with Crippen LogP contribution in [0, 0.1) is 0 Å². The van der Waals surface area contributed by atoms with Crippen LogP contribution in [0.5, 0.6) is 0 Å². The van der Waals surface area contributed by atoms with Crippen LogP contribution in [0.3, 0.4) is 0 Å². The number of nitrogens with zero attached hydrogens (tertiary/aromatic N) is 1. The molecule has 3 aromatic rings. The molecule has 0 aliphatic carbocycles. The van der Waals surface area contributed by atoms with Crippen molar-refractivity contribution in [3.05, 3.63) is 65.4 Å². The Bertz CT molecular complexity index is 1050. The molecule has 3 N–H and O–H groups in total. The highest BCUT2D eigenvalue weighted by Crippen LogP contribution is 2.29. The molecule has 25 heavy (non-hydrogen) atoms. The predicted octanol–water partition coefficient (Wildman–Crippen LogP) is 2.53.